The molecule has 0 aliphatic rings. The zero-order valence-electron chi connectivity index (χ0n) is 11.9. The second kappa shape index (κ2) is 6.15. The topological polar surface area (TPSA) is 81.4 Å². The van der Waals surface area contributed by atoms with Crippen LogP contribution in [-0.4, -0.2) is 15.5 Å². The van der Waals surface area contributed by atoms with Gasteiger partial charge in [0.15, 0.2) is 0 Å². The van der Waals surface area contributed by atoms with E-state index in [-0.39, 0.29) is 10.9 Å². The molecule has 1 atom stereocenters. The number of sulfonamides is 1. The van der Waals surface area contributed by atoms with Crippen molar-refractivity contribution in [3.63, 3.8) is 0 Å². The van der Waals surface area contributed by atoms with Crippen molar-refractivity contribution in [3.8, 4) is 5.75 Å². The number of hydrogen-bond acceptors (Lipinski definition) is 4. The van der Waals surface area contributed by atoms with Gasteiger partial charge in [-0.05, 0) is 48.9 Å². The number of nitrogens with two attached hydrogens (primary N) is 1. The Hall–Kier alpha value is -2.05. The molecule has 3 N–H and O–H groups in total. The third-order valence-corrected chi connectivity index (χ3v) is 4.69. The predicted octanol–water partition coefficient (Wildman–Crippen LogP) is 2.32. The van der Waals surface area contributed by atoms with Crippen LogP contribution in [0, 0.1) is 0 Å². The van der Waals surface area contributed by atoms with Crippen molar-refractivity contribution in [1.82, 2.24) is 4.72 Å². The summed E-state index contributed by atoms with van der Waals surface area (Å²) in [5.41, 5.74) is 6.94. The molecule has 0 spiro atoms. The van der Waals surface area contributed by atoms with Gasteiger partial charge in [-0.15, -0.1) is 0 Å². The van der Waals surface area contributed by atoms with Gasteiger partial charge in [0.05, 0.1) is 12.0 Å². The van der Waals surface area contributed by atoms with Gasteiger partial charge in [0, 0.05) is 11.7 Å². The smallest absolute Gasteiger partial charge is 0.241 e. The SMILES string of the molecule is COc1ccc(C(C)NS(=O)(=O)c2ccc(N)cc2)cc1. The molecule has 2 aromatic carbocycles. The summed E-state index contributed by atoms with van der Waals surface area (Å²) in [7, 11) is -1.99. The first-order valence-corrected chi connectivity index (χ1v) is 7.92. The molecule has 2 aromatic rings. The second-order valence-corrected chi connectivity index (χ2v) is 6.40. The first kappa shape index (κ1) is 15.3. The predicted molar refractivity (Wildman–Crippen MR) is 82.6 cm³/mol. The summed E-state index contributed by atoms with van der Waals surface area (Å²) in [4.78, 5) is 0.192. The number of rotatable bonds is 5. The molecule has 0 radical (unpaired) electrons. The highest BCUT2D eigenvalue weighted by Crippen LogP contribution is 2.20. The Labute approximate surface area is 124 Å². The van der Waals surface area contributed by atoms with Crippen LogP contribution in [0.1, 0.15) is 18.5 Å². The van der Waals surface area contributed by atoms with E-state index in [1.807, 2.05) is 12.1 Å². The highest BCUT2D eigenvalue weighted by molar-refractivity contribution is 7.89. The fraction of sp³-hybridized carbons (Fsp3) is 0.200. The molecule has 1 unspecified atom stereocenters. The summed E-state index contributed by atoms with van der Waals surface area (Å²) in [6, 6.07) is 13.0. The lowest BCUT2D eigenvalue weighted by atomic mass is 10.1. The van der Waals surface area contributed by atoms with Crippen LogP contribution >= 0.6 is 0 Å². The maximum atomic E-state index is 12.3. The van der Waals surface area contributed by atoms with Crippen molar-refractivity contribution in [2.45, 2.75) is 17.9 Å². The lowest BCUT2D eigenvalue weighted by molar-refractivity contribution is 0.414. The van der Waals surface area contributed by atoms with Crippen LogP contribution in [0.2, 0.25) is 0 Å². The summed E-state index contributed by atoms with van der Waals surface area (Å²) in [6.45, 7) is 1.79. The molecule has 112 valence electrons. The molecule has 5 nitrogen and oxygen atoms in total. The van der Waals surface area contributed by atoms with Crippen LogP contribution in [0.4, 0.5) is 5.69 Å². The Morgan fingerprint density at radius 1 is 1.05 bits per heavy atom. The summed E-state index contributed by atoms with van der Waals surface area (Å²) in [6.07, 6.45) is 0. The molecule has 21 heavy (non-hydrogen) atoms. The molecule has 0 amide bonds. The van der Waals surface area contributed by atoms with Gasteiger partial charge < -0.3 is 10.5 Å². The number of benzene rings is 2. The largest absolute Gasteiger partial charge is 0.497 e. The van der Waals surface area contributed by atoms with E-state index in [9.17, 15) is 8.42 Å². The molecule has 0 saturated heterocycles. The number of nitrogen functional groups attached to an aromatic ring is 1. The number of hydrogen-bond donors (Lipinski definition) is 2. The molecule has 0 saturated carbocycles. The molecule has 0 heterocycles. The van der Waals surface area contributed by atoms with Gasteiger partial charge in [-0.1, -0.05) is 12.1 Å². The average Bonchev–Trinajstić information content (AvgIpc) is 2.47. The number of nitrogens with one attached hydrogen (secondary N) is 1. The number of methoxy groups -OCH3 is 1. The van der Waals surface area contributed by atoms with Crippen molar-refractivity contribution >= 4 is 15.7 Å². The van der Waals surface area contributed by atoms with E-state index in [4.69, 9.17) is 10.5 Å². The van der Waals surface area contributed by atoms with Crippen LogP contribution in [0.15, 0.2) is 53.4 Å². The van der Waals surface area contributed by atoms with Gasteiger partial charge in [-0.2, -0.15) is 0 Å². The Morgan fingerprint density at radius 3 is 2.14 bits per heavy atom. The Kier molecular flexibility index (Phi) is 4.50. The molecule has 0 fully saturated rings. The quantitative estimate of drug-likeness (QED) is 0.831. The molecular formula is C15H18N2O3S. The van der Waals surface area contributed by atoms with Crippen LogP contribution in [0.3, 0.4) is 0 Å². The zero-order chi connectivity index (χ0) is 15.5. The van der Waals surface area contributed by atoms with Gasteiger partial charge in [-0.25, -0.2) is 13.1 Å². The monoisotopic (exact) mass is 306 g/mol. The third kappa shape index (κ3) is 3.74. The van der Waals surface area contributed by atoms with Gasteiger partial charge in [0.2, 0.25) is 10.0 Å². The maximum absolute atomic E-state index is 12.3. The van der Waals surface area contributed by atoms with E-state index in [1.165, 1.54) is 12.1 Å². The van der Waals surface area contributed by atoms with E-state index in [0.29, 0.717) is 5.69 Å². The zero-order valence-corrected chi connectivity index (χ0v) is 12.7. The van der Waals surface area contributed by atoms with Gasteiger partial charge in [-0.3, -0.25) is 0 Å². The molecule has 0 aromatic heterocycles. The summed E-state index contributed by atoms with van der Waals surface area (Å²) < 4.78 is 32.3. The Morgan fingerprint density at radius 2 is 1.62 bits per heavy atom. The average molecular weight is 306 g/mol. The first-order chi connectivity index (χ1) is 9.92. The third-order valence-electron chi connectivity index (χ3n) is 3.14. The molecule has 0 aliphatic heterocycles. The summed E-state index contributed by atoms with van der Waals surface area (Å²) in [5.74, 6) is 0.729. The minimum absolute atomic E-state index is 0.192. The molecule has 2 rings (SSSR count). The van der Waals surface area contributed by atoms with Crippen LogP contribution < -0.4 is 15.2 Å². The minimum Gasteiger partial charge on any atom is -0.497 e. The van der Waals surface area contributed by atoms with Gasteiger partial charge in [0.1, 0.15) is 5.75 Å². The highest BCUT2D eigenvalue weighted by Gasteiger charge is 2.18. The Balaban J connectivity index is 2.17. The van der Waals surface area contributed by atoms with Crippen molar-refractivity contribution in [2.24, 2.45) is 0 Å². The molecule has 0 aliphatic carbocycles. The van der Waals surface area contributed by atoms with Crippen molar-refractivity contribution in [1.29, 1.82) is 0 Å². The first-order valence-electron chi connectivity index (χ1n) is 6.44. The molecular weight excluding hydrogens is 288 g/mol. The van der Waals surface area contributed by atoms with Crippen molar-refractivity contribution < 1.29 is 13.2 Å². The van der Waals surface area contributed by atoms with Crippen LogP contribution in [0.25, 0.3) is 0 Å². The van der Waals surface area contributed by atoms with E-state index in [0.717, 1.165) is 11.3 Å². The van der Waals surface area contributed by atoms with Crippen LogP contribution in [-0.2, 0) is 10.0 Å². The van der Waals surface area contributed by atoms with Crippen molar-refractivity contribution in [2.75, 3.05) is 12.8 Å². The van der Waals surface area contributed by atoms with Gasteiger partial charge in [0.25, 0.3) is 0 Å². The fourth-order valence-corrected chi connectivity index (χ4v) is 3.14. The standard InChI is InChI=1S/C15H18N2O3S/c1-11(12-3-7-14(20-2)8-4-12)17-21(18,19)15-9-5-13(16)6-10-15/h3-11,17H,16H2,1-2H3. The maximum Gasteiger partial charge on any atom is 0.241 e. The second-order valence-electron chi connectivity index (χ2n) is 4.69. The highest BCUT2D eigenvalue weighted by atomic mass is 32.2. The number of ether oxygens (including phenoxy) is 1. The van der Waals surface area contributed by atoms with E-state index in [2.05, 4.69) is 4.72 Å². The summed E-state index contributed by atoms with van der Waals surface area (Å²) in [5, 5.41) is 0. The molecule has 0 bridgehead atoms. The van der Waals surface area contributed by atoms with Gasteiger partial charge >= 0.3 is 0 Å². The summed E-state index contributed by atoms with van der Waals surface area (Å²) >= 11 is 0. The molecule has 6 heteroatoms. The lowest BCUT2D eigenvalue weighted by Gasteiger charge is -2.15. The van der Waals surface area contributed by atoms with E-state index >= 15 is 0 Å². The van der Waals surface area contributed by atoms with Crippen LogP contribution in [0.5, 0.6) is 5.75 Å². The normalized spacial score (nSPS) is 12.9. The van der Waals surface area contributed by atoms with Crippen molar-refractivity contribution in [3.05, 3.63) is 54.1 Å². The lowest BCUT2D eigenvalue weighted by Crippen LogP contribution is -2.26. The van der Waals surface area contributed by atoms with E-state index in [1.54, 1.807) is 38.3 Å². The van der Waals surface area contributed by atoms with E-state index < -0.39 is 10.0 Å². The minimum atomic E-state index is -3.58. The number of anilines is 1. The fourth-order valence-electron chi connectivity index (χ4n) is 1.91. The Bertz CT molecular complexity index is 695.